The first-order chi connectivity index (χ1) is 13.4. The van der Waals surface area contributed by atoms with Gasteiger partial charge in [0.05, 0.1) is 16.2 Å². The Morgan fingerprint density at radius 1 is 1.50 bits per heavy atom. The van der Waals surface area contributed by atoms with Crippen LogP contribution < -0.4 is 10.9 Å². The number of aromatic amines is 1. The molecule has 2 N–H and O–H groups in total. The molecule has 0 radical (unpaired) electrons. The van der Waals surface area contributed by atoms with E-state index in [1.807, 2.05) is 0 Å². The maximum Gasteiger partial charge on any atom is 0.260 e. The van der Waals surface area contributed by atoms with Crippen molar-refractivity contribution in [1.29, 1.82) is 0 Å². The maximum absolute atomic E-state index is 13.2. The Bertz CT molecular complexity index is 1130. The normalized spacial score (nSPS) is 16.2. The molecule has 2 aromatic heterocycles. The smallest absolute Gasteiger partial charge is 0.260 e. The first-order valence-electron chi connectivity index (χ1n) is 8.83. The van der Waals surface area contributed by atoms with Crippen LogP contribution in [-0.4, -0.2) is 21.6 Å². The quantitative estimate of drug-likeness (QED) is 0.461. The summed E-state index contributed by atoms with van der Waals surface area (Å²) in [4.78, 5) is 34.0. The number of aryl methyl sites for hydroxylation is 1. The van der Waals surface area contributed by atoms with E-state index < -0.39 is 5.82 Å². The highest BCUT2D eigenvalue weighted by Crippen LogP contribution is 2.36. The molecule has 0 spiro atoms. The molecule has 1 atom stereocenters. The summed E-state index contributed by atoms with van der Waals surface area (Å²) in [6, 6.07) is 3.98. The number of hydrogen-bond acceptors (Lipinski definition) is 5. The highest BCUT2D eigenvalue weighted by Gasteiger charge is 2.23. The summed E-state index contributed by atoms with van der Waals surface area (Å²) in [5.74, 6) is -0.157. The lowest BCUT2D eigenvalue weighted by Gasteiger charge is -2.17. The average Bonchev–Trinajstić information content (AvgIpc) is 3.00. The summed E-state index contributed by atoms with van der Waals surface area (Å²) < 4.78 is 13.2. The number of rotatable bonds is 4. The summed E-state index contributed by atoms with van der Waals surface area (Å²) >= 11 is 8.44. The van der Waals surface area contributed by atoms with E-state index in [9.17, 15) is 14.0 Å². The fraction of sp³-hybridized carbons (Fsp3) is 0.316. The summed E-state index contributed by atoms with van der Waals surface area (Å²) in [6.07, 6.45) is 2.99. The van der Waals surface area contributed by atoms with E-state index >= 15 is 0 Å². The number of carbonyl (C=O) groups excluding carboxylic acids is 1. The Hall–Kier alpha value is -1.90. The average molecular weight is 438 g/mol. The van der Waals surface area contributed by atoms with Gasteiger partial charge >= 0.3 is 0 Å². The molecule has 146 valence electrons. The number of thioether (sulfide) groups is 1. The standard InChI is InChI=1S/C19H17ClFN3O2S2/c1-9-2-4-11-14(6-9)28-18-16(11)17(26)23-19(24-18)27-8-15(25)22-10-3-5-13(21)12(20)7-10/h3,5,7,9H,2,4,6,8H2,1H3,(H,22,25)(H,23,24,26). The highest BCUT2D eigenvalue weighted by molar-refractivity contribution is 7.99. The molecule has 0 aliphatic heterocycles. The van der Waals surface area contributed by atoms with Gasteiger partial charge in [-0.2, -0.15) is 0 Å². The Morgan fingerprint density at radius 3 is 3.11 bits per heavy atom. The number of anilines is 1. The van der Waals surface area contributed by atoms with Crippen LogP contribution in [0.5, 0.6) is 0 Å². The number of nitrogens with zero attached hydrogens (tertiary/aromatic N) is 1. The number of fused-ring (bicyclic) bond motifs is 3. The fourth-order valence-electron chi connectivity index (χ4n) is 3.30. The molecule has 0 saturated carbocycles. The lowest BCUT2D eigenvalue weighted by molar-refractivity contribution is -0.113. The van der Waals surface area contributed by atoms with E-state index in [0.717, 1.165) is 41.4 Å². The van der Waals surface area contributed by atoms with Crippen molar-refractivity contribution in [3.8, 4) is 0 Å². The molecule has 1 aliphatic carbocycles. The Morgan fingerprint density at radius 2 is 2.32 bits per heavy atom. The first-order valence-corrected chi connectivity index (χ1v) is 11.0. The van der Waals surface area contributed by atoms with E-state index in [2.05, 4.69) is 22.2 Å². The molecule has 2 heterocycles. The highest BCUT2D eigenvalue weighted by atomic mass is 35.5. The van der Waals surface area contributed by atoms with Gasteiger partial charge in [0, 0.05) is 10.6 Å². The molecule has 0 saturated heterocycles. The van der Waals surface area contributed by atoms with Gasteiger partial charge in [0.1, 0.15) is 10.6 Å². The van der Waals surface area contributed by atoms with Gasteiger partial charge in [-0.25, -0.2) is 9.37 Å². The number of thiophene rings is 1. The molecule has 0 bridgehead atoms. The fourth-order valence-corrected chi connectivity index (χ4v) is 5.58. The zero-order chi connectivity index (χ0) is 19.8. The van der Waals surface area contributed by atoms with Gasteiger partial charge in [-0.15, -0.1) is 11.3 Å². The number of nitrogens with one attached hydrogen (secondary N) is 2. The van der Waals surface area contributed by atoms with Crippen LogP contribution in [0.25, 0.3) is 10.2 Å². The predicted octanol–water partition coefficient (Wildman–Crippen LogP) is 4.63. The summed E-state index contributed by atoms with van der Waals surface area (Å²) in [6.45, 7) is 2.22. The van der Waals surface area contributed by atoms with E-state index in [1.54, 1.807) is 11.3 Å². The number of benzene rings is 1. The van der Waals surface area contributed by atoms with Crippen LogP contribution in [0, 0.1) is 11.7 Å². The van der Waals surface area contributed by atoms with Crippen LogP contribution in [0.15, 0.2) is 28.2 Å². The zero-order valence-corrected chi connectivity index (χ0v) is 17.4. The van der Waals surface area contributed by atoms with Gasteiger partial charge in [0.15, 0.2) is 5.16 Å². The molecule has 1 aromatic carbocycles. The Labute approximate surface area is 173 Å². The van der Waals surface area contributed by atoms with Gasteiger partial charge in [-0.3, -0.25) is 9.59 Å². The molecule has 1 aliphatic rings. The molecule has 1 amide bonds. The number of carbonyl (C=O) groups is 1. The van der Waals surface area contributed by atoms with Crippen LogP contribution >= 0.6 is 34.7 Å². The van der Waals surface area contributed by atoms with Crippen LogP contribution in [-0.2, 0) is 17.6 Å². The number of amides is 1. The Balaban J connectivity index is 1.48. The lowest BCUT2D eigenvalue weighted by Crippen LogP contribution is -2.16. The van der Waals surface area contributed by atoms with Gasteiger partial charge < -0.3 is 10.3 Å². The largest absolute Gasteiger partial charge is 0.325 e. The summed E-state index contributed by atoms with van der Waals surface area (Å²) in [7, 11) is 0. The van der Waals surface area contributed by atoms with E-state index in [0.29, 0.717) is 22.1 Å². The number of hydrogen-bond donors (Lipinski definition) is 2. The monoisotopic (exact) mass is 437 g/mol. The van der Waals surface area contributed by atoms with Crippen molar-refractivity contribution in [3.05, 3.63) is 49.8 Å². The number of halogens is 2. The molecular formula is C19H17ClFN3O2S2. The molecular weight excluding hydrogens is 421 g/mol. The first kappa shape index (κ1) is 19.4. The molecule has 3 aromatic rings. The van der Waals surface area contributed by atoms with E-state index in [4.69, 9.17) is 11.6 Å². The van der Waals surface area contributed by atoms with Crippen LogP contribution in [0.4, 0.5) is 10.1 Å². The summed E-state index contributed by atoms with van der Waals surface area (Å²) in [5.41, 5.74) is 1.40. The summed E-state index contributed by atoms with van der Waals surface area (Å²) in [5, 5.41) is 3.70. The van der Waals surface area contributed by atoms with Crippen molar-refractivity contribution in [2.45, 2.75) is 31.3 Å². The molecule has 1 unspecified atom stereocenters. The lowest BCUT2D eigenvalue weighted by atomic mass is 9.89. The van der Waals surface area contributed by atoms with Crippen molar-refractivity contribution in [2.24, 2.45) is 5.92 Å². The molecule has 28 heavy (non-hydrogen) atoms. The third-order valence-electron chi connectivity index (χ3n) is 4.69. The molecule has 4 rings (SSSR count). The maximum atomic E-state index is 13.2. The predicted molar refractivity (Wildman–Crippen MR) is 112 cm³/mol. The molecule has 5 nitrogen and oxygen atoms in total. The van der Waals surface area contributed by atoms with Gasteiger partial charge in [0.25, 0.3) is 5.56 Å². The third kappa shape index (κ3) is 3.94. The van der Waals surface area contributed by atoms with E-state index in [-0.39, 0.29) is 22.2 Å². The van der Waals surface area contributed by atoms with Crippen molar-refractivity contribution >= 4 is 56.5 Å². The van der Waals surface area contributed by atoms with E-state index in [1.165, 1.54) is 23.1 Å². The molecule has 0 fully saturated rings. The Kier molecular flexibility index (Phi) is 5.44. The van der Waals surface area contributed by atoms with Gasteiger partial charge in [-0.05, 0) is 48.9 Å². The van der Waals surface area contributed by atoms with Gasteiger partial charge in [0.2, 0.25) is 5.91 Å². The second-order valence-corrected chi connectivity index (χ2v) is 9.32. The van der Waals surface area contributed by atoms with Crippen molar-refractivity contribution in [2.75, 3.05) is 11.1 Å². The third-order valence-corrected chi connectivity index (χ3v) is 7.00. The minimum Gasteiger partial charge on any atom is -0.325 e. The molecule has 9 heteroatoms. The number of H-pyrrole nitrogens is 1. The van der Waals surface area contributed by atoms with Crippen molar-refractivity contribution in [3.63, 3.8) is 0 Å². The second-order valence-electron chi connectivity index (χ2n) is 6.87. The zero-order valence-electron chi connectivity index (χ0n) is 15.0. The topological polar surface area (TPSA) is 74.8 Å². The van der Waals surface area contributed by atoms with Crippen LogP contribution in [0.3, 0.4) is 0 Å². The second kappa shape index (κ2) is 7.85. The minimum absolute atomic E-state index is 0.0575. The van der Waals surface area contributed by atoms with Crippen molar-refractivity contribution in [1.82, 2.24) is 9.97 Å². The van der Waals surface area contributed by atoms with Crippen LogP contribution in [0.1, 0.15) is 23.8 Å². The number of aromatic nitrogens is 2. The minimum atomic E-state index is -0.544. The van der Waals surface area contributed by atoms with Crippen LogP contribution in [0.2, 0.25) is 5.02 Å². The van der Waals surface area contributed by atoms with Crippen molar-refractivity contribution < 1.29 is 9.18 Å². The van der Waals surface area contributed by atoms with Gasteiger partial charge in [-0.1, -0.05) is 30.3 Å². The SMILES string of the molecule is CC1CCc2c(sc3nc(SCC(=O)Nc4ccc(F)c(Cl)c4)[nH]c(=O)c23)C1.